The van der Waals surface area contributed by atoms with Gasteiger partial charge in [-0.2, -0.15) is 5.26 Å². The molecule has 0 spiro atoms. The summed E-state index contributed by atoms with van der Waals surface area (Å²) in [4.78, 5) is 37.2. The molecular formula is C22H23N3O5. The zero-order valence-electron chi connectivity index (χ0n) is 17.1. The number of anilines is 1. The van der Waals surface area contributed by atoms with Gasteiger partial charge < -0.3 is 19.7 Å². The van der Waals surface area contributed by atoms with Crippen LogP contribution in [0.25, 0.3) is 0 Å². The first-order valence-corrected chi connectivity index (χ1v) is 9.18. The van der Waals surface area contributed by atoms with Crippen molar-refractivity contribution in [3.05, 3.63) is 59.2 Å². The molecule has 8 nitrogen and oxygen atoms in total. The normalized spacial score (nSPS) is 9.93. The van der Waals surface area contributed by atoms with Gasteiger partial charge in [-0.3, -0.25) is 9.59 Å². The largest absolute Gasteiger partial charge is 0.482 e. The summed E-state index contributed by atoms with van der Waals surface area (Å²) in [5.74, 6) is -1.19. The van der Waals surface area contributed by atoms with Crippen molar-refractivity contribution in [1.29, 1.82) is 5.26 Å². The summed E-state index contributed by atoms with van der Waals surface area (Å²) < 4.78 is 10.1. The number of aryl methyl sites for hydroxylation is 2. The van der Waals surface area contributed by atoms with E-state index < -0.39 is 18.5 Å². The van der Waals surface area contributed by atoms with Gasteiger partial charge in [0.25, 0.3) is 5.91 Å². The van der Waals surface area contributed by atoms with Gasteiger partial charge in [0.1, 0.15) is 5.75 Å². The first-order valence-electron chi connectivity index (χ1n) is 9.18. The van der Waals surface area contributed by atoms with Crippen molar-refractivity contribution in [2.24, 2.45) is 0 Å². The number of esters is 1. The number of rotatable bonds is 8. The summed E-state index contributed by atoms with van der Waals surface area (Å²) >= 11 is 0. The third kappa shape index (κ3) is 6.95. The van der Waals surface area contributed by atoms with Gasteiger partial charge >= 0.3 is 5.97 Å². The Bertz CT molecular complexity index is 964. The van der Waals surface area contributed by atoms with E-state index in [1.54, 1.807) is 24.3 Å². The standard InChI is InChI=1S/C22H23N3O5/c1-15-4-5-16(2)19(10-15)24-20(26)12-25(3)21(27)13-30-22(28)14-29-18-8-6-17(11-23)7-9-18/h4-10H,12-14H2,1-3H3,(H,24,26). The number of benzene rings is 2. The molecule has 0 saturated heterocycles. The van der Waals surface area contributed by atoms with E-state index in [9.17, 15) is 14.4 Å². The van der Waals surface area contributed by atoms with Crippen molar-refractivity contribution in [3.8, 4) is 11.8 Å². The molecular weight excluding hydrogens is 386 g/mol. The van der Waals surface area contributed by atoms with Crippen LogP contribution in [-0.4, -0.2) is 49.5 Å². The van der Waals surface area contributed by atoms with E-state index in [1.807, 2.05) is 38.1 Å². The lowest BCUT2D eigenvalue weighted by atomic mass is 10.1. The van der Waals surface area contributed by atoms with Crippen LogP contribution in [0.1, 0.15) is 16.7 Å². The molecule has 0 fully saturated rings. The summed E-state index contributed by atoms with van der Waals surface area (Å²) in [7, 11) is 1.45. The van der Waals surface area contributed by atoms with Crippen molar-refractivity contribution < 1.29 is 23.9 Å². The van der Waals surface area contributed by atoms with E-state index in [1.165, 1.54) is 11.9 Å². The maximum Gasteiger partial charge on any atom is 0.344 e. The lowest BCUT2D eigenvalue weighted by Crippen LogP contribution is -2.37. The molecule has 0 aromatic heterocycles. The molecule has 0 aliphatic rings. The minimum atomic E-state index is -0.721. The highest BCUT2D eigenvalue weighted by Crippen LogP contribution is 2.16. The van der Waals surface area contributed by atoms with Crippen molar-refractivity contribution in [2.75, 3.05) is 32.1 Å². The summed E-state index contributed by atoms with van der Waals surface area (Å²) in [6.45, 7) is 2.75. The molecule has 8 heteroatoms. The molecule has 0 radical (unpaired) electrons. The maximum absolute atomic E-state index is 12.2. The quantitative estimate of drug-likeness (QED) is 0.670. The number of carbonyl (C=O) groups is 3. The Morgan fingerprint density at radius 1 is 1.07 bits per heavy atom. The van der Waals surface area contributed by atoms with Crippen LogP contribution in [0.15, 0.2) is 42.5 Å². The number of hydrogen-bond acceptors (Lipinski definition) is 6. The molecule has 2 rings (SSSR count). The fourth-order valence-corrected chi connectivity index (χ4v) is 2.43. The van der Waals surface area contributed by atoms with Gasteiger partial charge in [-0.1, -0.05) is 12.1 Å². The van der Waals surface area contributed by atoms with Crippen LogP contribution in [0.3, 0.4) is 0 Å². The van der Waals surface area contributed by atoms with Crippen LogP contribution >= 0.6 is 0 Å². The predicted molar refractivity (Wildman–Crippen MR) is 110 cm³/mol. The molecule has 30 heavy (non-hydrogen) atoms. The van der Waals surface area contributed by atoms with Crippen LogP contribution in [0.4, 0.5) is 5.69 Å². The van der Waals surface area contributed by atoms with Crippen LogP contribution in [0.2, 0.25) is 0 Å². The van der Waals surface area contributed by atoms with E-state index in [-0.39, 0.29) is 19.1 Å². The average molecular weight is 409 g/mol. The molecule has 1 N–H and O–H groups in total. The SMILES string of the molecule is Cc1ccc(C)c(NC(=O)CN(C)C(=O)COC(=O)COc2ccc(C#N)cc2)c1. The average Bonchev–Trinajstić information content (AvgIpc) is 2.73. The molecule has 0 bridgehead atoms. The third-order valence-electron chi connectivity index (χ3n) is 4.17. The Kier molecular flexibility index (Phi) is 7.94. The van der Waals surface area contributed by atoms with E-state index in [2.05, 4.69) is 5.32 Å². The van der Waals surface area contributed by atoms with Crippen molar-refractivity contribution in [3.63, 3.8) is 0 Å². The second-order valence-electron chi connectivity index (χ2n) is 6.70. The molecule has 0 aliphatic heterocycles. The van der Waals surface area contributed by atoms with Gasteiger partial charge in [0.2, 0.25) is 5.91 Å². The van der Waals surface area contributed by atoms with Crippen molar-refractivity contribution >= 4 is 23.5 Å². The molecule has 0 unspecified atom stereocenters. The highest BCUT2D eigenvalue weighted by Gasteiger charge is 2.16. The first kappa shape index (κ1) is 22.4. The van der Waals surface area contributed by atoms with Gasteiger partial charge in [-0.05, 0) is 55.3 Å². The molecule has 0 heterocycles. The maximum atomic E-state index is 12.2. The number of carbonyl (C=O) groups excluding carboxylic acids is 3. The molecule has 2 amide bonds. The summed E-state index contributed by atoms with van der Waals surface area (Å²) in [5, 5.41) is 11.5. The van der Waals surface area contributed by atoms with Crippen LogP contribution in [0, 0.1) is 25.2 Å². The summed E-state index contributed by atoms with van der Waals surface area (Å²) in [5.41, 5.74) is 3.09. The van der Waals surface area contributed by atoms with Crippen molar-refractivity contribution in [2.45, 2.75) is 13.8 Å². The molecule has 156 valence electrons. The van der Waals surface area contributed by atoms with Gasteiger partial charge in [-0.25, -0.2) is 4.79 Å². The Morgan fingerprint density at radius 3 is 2.43 bits per heavy atom. The second kappa shape index (κ2) is 10.6. The van der Waals surface area contributed by atoms with Gasteiger partial charge in [0.05, 0.1) is 18.2 Å². The Balaban J connectivity index is 1.73. The number of hydrogen-bond donors (Lipinski definition) is 1. The highest BCUT2D eigenvalue weighted by atomic mass is 16.6. The predicted octanol–water partition coefficient (Wildman–Crippen LogP) is 2.19. The number of nitrogens with zero attached hydrogens (tertiary/aromatic N) is 2. The Morgan fingerprint density at radius 2 is 1.77 bits per heavy atom. The van der Waals surface area contributed by atoms with Crippen molar-refractivity contribution in [1.82, 2.24) is 4.90 Å². The summed E-state index contributed by atoms with van der Waals surface area (Å²) in [6.07, 6.45) is 0. The molecule has 0 aliphatic carbocycles. The van der Waals surface area contributed by atoms with E-state index in [0.29, 0.717) is 17.0 Å². The number of amides is 2. The van der Waals surface area contributed by atoms with Gasteiger partial charge in [0, 0.05) is 12.7 Å². The number of nitriles is 1. The minimum Gasteiger partial charge on any atom is -0.482 e. The van der Waals surface area contributed by atoms with Crippen LogP contribution in [-0.2, 0) is 19.1 Å². The Labute approximate surface area is 175 Å². The zero-order chi connectivity index (χ0) is 22.1. The highest BCUT2D eigenvalue weighted by molar-refractivity contribution is 5.95. The van der Waals surface area contributed by atoms with E-state index in [4.69, 9.17) is 14.7 Å². The van der Waals surface area contributed by atoms with E-state index in [0.717, 1.165) is 11.1 Å². The number of ether oxygens (including phenoxy) is 2. The topological polar surface area (TPSA) is 109 Å². The smallest absolute Gasteiger partial charge is 0.344 e. The summed E-state index contributed by atoms with van der Waals surface area (Å²) in [6, 6.07) is 13.9. The Hall–Kier alpha value is -3.86. The molecule has 0 saturated carbocycles. The van der Waals surface area contributed by atoms with Gasteiger partial charge in [0.15, 0.2) is 13.2 Å². The van der Waals surface area contributed by atoms with E-state index >= 15 is 0 Å². The molecule has 0 atom stereocenters. The number of nitrogens with one attached hydrogen (secondary N) is 1. The number of likely N-dealkylation sites (N-methyl/N-ethyl adjacent to an activating group) is 1. The zero-order valence-corrected chi connectivity index (χ0v) is 17.1. The lowest BCUT2D eigenvalue weighted by Gasteiger charge is -2.17. The van der Waals surface area contributed by atoms with Crippen LogP contribution < -0.4 is 10.1 Å². The minimum absolute atomic E-state index is 0.175. The van der Waals surface area contributed by atoms with Crippen LogP contribution in [0.5, 0.6) is 5.75 Å². The van der Waals surface area contributed by atoms with Gasteiger partial charge in [-0.15, -0.1) is 0 Å². The fourth-order valence-electron chi connectivity index (χ4n) is 2.43. The fraction of sp³-hybridized carbons (Fsp3) is 0.273. The third-order valence-corrected chi connectivity index (χ3v) is 4.17. The first-order chi connectivity index (χ1) is 14.3. The lowest BCUT2D eigenvalue weighted by molar-refractivity contribution is -0.153. The molecule has 2 aromatic carbocycles. The monoisotopic (exact) mass is 409 g/mol. The second-order valence-corrected chi connectivity index (χ2v) is 6.70. The molecule has 2 aromatic rings.